The number of thioether (sulfide) groups is 1. The van der Waals surface area contributed by atoms with E-state index in [9.17, 15) is 18.0 Å². The van der Waals surface area contributed by atoms with E-state index in [-0.39, 0.29) is 12.5 Å². The Morgan fingerprint density at radius 2 is 1.62 bits per heavy atom. The number of carbonyl (C=O) groups is 2. The Balaban J connectivity index is 3.93. The van der Waals surface area contributed by atoms with Crippen LogP contribution >= 0.6 is 11.8 Å². The first kappa shape index (κ1) is 25.2. The molecule has 1 unspecified atom stereocenters. The second-order valence-corrected chi connectivity index (χ2v) is 9.10. The van der Waals surface area contributed by atoms with Crippen molar-refractivity contribution < 1.29 is 22.6 Å². The topological polar surface area (TPSA) is 113 Å². The van der Waals surface area contributed by atoms with Gasteiger partial charge in [-0.3, -0.25) is 14.1 Å². The third-order valence-corrected chi connectivity index (χ3v) is 5.65. The summed E-state index contributed by atoms with van der Waals surface area (Å²) in [5.41, 5.74) is 0. The van der Waals surface area contributed by atoms with Crippen molar-refractivity contribution in [2.75, 3.05) is 23.8 Å². The van der Waals surface area contributed by atoms with E-state index in [1.54, 1.807) is 11.8 Å². The second-order valence-electron chi connectivity index (χ2n) is 6.38. The van der Waals surface area contributed by atoms with Crippen molar-refractivity contribution in [2.45, 2.75) is 71.3 Å². The van der Waals surface area contributed by atoms with Crippen molar-refractivity contribution in [1.29, 1.82) is 0 Å². The highest BCUT2D eigenvalue weighted by molar-refractivity contribution is 7.99. The van der Waals surface area contributed by atoms with E-state index in [0.717, 1.165) is 12.2 Å². The van der Waals surface area contributed by atoms with Crippen LogP contribution in [0, 0.1) is 0 Å². The lowest BCUT2D eigenvalue weighted by atomic mass is 10.1. The Bertz CT molecular complexity index is 497. The summed E-state index contributed by atoms with van der Waals surface area (Å²) in [7, 11) is -4.11. The zero-order valence-electron chi connectivity index (χ0n) is 16.0. The number of unbranched alkanes of at least 4 members (excludes halogenated alkanes) is 7. The summed E-state index contributed by atoms with van der Waals surface area (Å²) in [6, 6.07) is -0.701. The number of rotatable bonds is 16. The summed E-state index contributed by atoms with van der Waals surface area (Å²) in [6.45, 7) is 3.36. The lowest BCUT2D eigenvalue weighted by Gasteiger charge is -2.17. The summed E-state index contributed by atoms with van der Waals surface area (Å²) in [6.07, 6.45) is 9.94. The molecule has 0 aliphatic heterocycles. The summed E-state index contributed by atoms with van der Waals surface area (Å²) < 4.78 is 30.0. The normalized spacial score (nSPS) is 12.6. The zero-order chi connectivity index (χ0) is 19.8. The van der Waals surface area contributed by atoms with Crippen LogP contribution in [0.25, 0.3) is 0 Å². The summed E-state index contributed by atoms with van der Waals surface area (Å²) >= 11 is 1.60. The van der Waals surface area contributed by atoms with Crippen LogP contribution in [0.3, 0.4) is 0 Å². The van der Waals surface area contributed by atoms with Gasteiger partial charge in [-0.2, -0.15) is 20.2 Å². The fourth-order valence-corrected chi connectivity index (χ4v) is 3.80. The number of nitrogens with one attached hydrogen (secondary N) is 2. The number of hydrogen-bond acceptors (Lipinski definition) is 5. The molecule has 0 aromatic rings. The molecule has 0 aromatic heterocycles. The Hall–Kier alpha value is -0.800. The molecule has 0 spiro atoms. The first-order valence-corrected chi connectivity index (χ1v) is 12.1. The zero-order valence-corrected chi connectivity index (χ0v) is 17.6. The van der Waals surface area contributed by atoms with Gasteiger partial charge in [0.05, 0.1) is 5.75 Å². The first-order valence-electron chi connectivity index (χ1n) is 9.34. The monoisotopic (exact) mass is 410 g/mol. The van der Waals surface area contributed by atoms with Gasteiger partial charge in [0.25, 0.3) is 10.1 Å². The number of hydrogen-bond donors (Lipinski definition) is 3. The number of carbonyl (C=O) groups excluding carboxylic acids is 2. The van der Waals surface area contributed by atoms with Gasteiger partial charge in [-0.05, 0) is 12.2 Å². The van der Waals surface area contributed by atoms with Crippen LogP contribution in [0.1, 0.15) is 65.2 Å². The summed E-state index contributed by atoms with van der Waals surface area (Å²) in [5.74, 6) is 0.0634. The van der Waals surface area contributed by atoms with E-state index in [0.29, 0.717) is 5.75 Å². The van der Waals surface area contributed by atoms with Crippen LogP contribution in [0.5, 0.6) is 0 Å². The van der Waals surface area contributed by atoms with Crippen molar-refractivity contribution >= 4 is 33.7 Å². The largest absolute Gasteiger partial charge is 0.353 e. The molecule has 0 fully saturated rings. The van der Waals surface area contributed by atoms with Crippen LogP contribution in [-0.2, 0) is 19.7 Å². The maximum atomic E-state index is 12.0. The van der Waals surface area contributed by atoms with E-state index in [1.807, 2.05) is 0 Å². The Morgan fingerprint density at radius 1 is 1.04 bits per heavy atom. The van der Waals surface area contributed by atoms with Gasteiger partial charge >= 0.3 is 0 Å². The minimum atomic E-state index is -4.11. The second kappa shape index (κ2) is 15.3. The van der Waals surface area contributed by atoms with Gasteiger partial charge in [0.15, 0.2) is 0 Å². The molecule has 154 valence electrons. The molecule has 0 radical (unpaired) electrons. The van der Waals surface area contributed by atoms with Crippen molar-refractivity contribution in [3.8, 4) is 0 Å². The molecule has 0 rings (SSSR count). The highest BCUT2D eigenvalue weighted by atomic mass is 32.2. The van der Waals surface area contributed by atoms with Gasteiger partial charge in [0.1, 0.15) is 6.04 Å². The maximum absolute atomic E-state index is 12.0. The summed E-state index contributed by atoms with van der Waals surface area (Å²) in [4.78, 5) is 23.3. The molecule has 3 N–H and O–H groups in total. The predicted molar refractivity (Wildman–Crippen MR) is 107 cm³/mol. The van der Waals surface area contributed by atoms with Gasteiger partial charge in [-0.25, -0.2) is 0 Å². The standard InChI is InChI=1S/C17H34N2O5S2/c1-3-4-5-6-7-8-9-10-12-25-14-16(19-15(2)20)17(21)18-11-13-26(22,23)24/h16H,3-14H2,1-2H3,(H,18,21)(H,19,20)(H,22,23,24). The van der Waals surface area contributed by atoms with Crippen LogP contribution in [0.4, 0.5) is 0 Å². The molecule has 1 atom stereocenters. The van der Waals surface area contributed by atoms with Gasteiger partial charge in [0, 0.05) is 19.2 Å². The molecule has 2 amide bonds. The smallest absolute Gasteiger partial charge is 0.266 e. The van der Waals surface area contributed by atoms with Gasteiger partial charge < -0.3 is 10.6 Å². The van der Waals surface area contributed by atoms with Crippen molar-refractivity contribution in [3.63, 3.8) is 0 Å². The highest BCUT2D eigenvalue weighted by Gasteiger charge is 2.19. The van der Waals surface area contributed by atoms with E-state index in [1.165, 1.54) is 51.9 Å². The molecule has 0 bridgehead atoms. The molecule has 9 heteroatoms. The van der Waals surface area contributed by atoms with Crippen LogP contribution < -0.4 is 10.6 Å². The van der Waals surface area contributed by atoms with Crippen LogP contribution in [-0.4, -0.2) is 54.6 Å². The van der Waals surface area contributed by atoms with Crippen molar-refractivity contribution in [1.82, 2.24) is 10.6 Å². The molecule has 7 nitrogen and oxygen atoms in total. The molecular formula is C17H34N2O5S2. The summed E-state index contributed by atoms with van der Waals surface area (Å²) in [5, 5.41) is 5.00. The fourth-order valence-electron chi connectivity index (χ4n) is 2.39. The molecule has 0 aromatic carbocycles. The van der Waals surface area contributed by atoms with E-state index in [4.69, 9.17) is 4.55 Å². The minimum Gasteiger partial charge on any atom is -0.353 e. The van der Waals surface area contributed by atoms with E-state index in [2.05, 4.69) is 17.6 Å². The molecule has 0 saturated carbocycles. The van der Waals surface area contributed by atoms with Gasteiger partial charge in [0.2, 0.25) is 11.8 Å². The predicted octanol–water partition coefficient (Wildman–Crippen LogP) is 2.37. The fraction of sp³-hybridized carbons (Fsp3) is 0.882. The van der Waals surface area contributed by atoms with Gasteiger partial charge in [-0.15, -0.1) is 0 Å². The lowest BCUT2D eigenvalue weighted by Crippen LogP contribution is -2.48. The Labute approximate surface area is 162 Å². The lowest BCUT2D eigenvalue weighted by molar-refractivity contribution is -0.127. The quantitative estimate of drug-likeness (QED) is 0.266. The molecule has 0 aliphatic carbocycles. The first-order chi connectivity index (χ1) is 12.3. The third kappa shape index (κ3) is 16.7. The maximum Gasteiger partial charge on any atom is 0.266 e. The molecule has 0 heterocycles. The van der Waals surface area contributed by atoms with Gasteiger partial charge in [-0.1, -0.05) is 51.9 Å². The molecular weight excluding hydrogens is 376 g/mol. The van der Waals surface area contributed by atoms with Crippen LogP contribution in [0.15, 0.2) is 0 Å². The average molecular weight is 411 g/mol. The highest BCUT2D eigenvalue weighted by Crippen LogP contribution is 2.12. The average Bonchev–Trinajstić information content (AvgIpc) is 2.53. The molecule has 0 saturated heterocycles. The van der Waals surface area contributed by atoms with Crippen molar-refractivity contribution in [3.05, 3.63) is 0 Å². The SMILES string of the molecule is CCCCCCCCCCSCC(NC(C)=O)C(=O)NCCS(=O)(=O)O. The Morgan fingerprint density at radius 3 is 2.15 bits per heavy atom. The molecule has 0 aliphatic rings. The van der Waals surface area contributed by atoms with E-state index < -0.39 is 27.8 Å². The van der Waals surface area contributed by atoms with Crippen molar-refractivity contribution in [2.24, 2.45) is 0 Å². The Kier molecular flexibility index (Phi) is 14.8. The number of amides is 2. The van der Waals surface area contributed by atoms with E-state index >= 15 is 0 Å². The van der Waals surface area contributed by atoms with Crippen LogP contribution in [0.2, 0.25) is 0 Å². The molecule has 26 heavy (non-hydrogen) atoms. The minimum absolute atomic E-state index is 0.184. The third-order valence-electron chi connectivity index (χ3n) is 3.78.